The van der Waals surface area contributed by atoms with Crippen LogP contribution in [0, 0.1) is 13.8 Å². The zero-order chi connectivity index (χ0) is 46.3. The quantitative estimate of drug-likeness (QED) is 0.161. The summed E-state index contributed by atoms with van der Waals surface area (Å²) in [5.41, 5.74) is 6.52. The molecular formula is C47H68B3N5O8. The fourth-order valence-electron chi connectivity index (χ4n) is 7.22. The van der Waals surface area contributed by atoms with E-state index in [1.54, 1.807) is 14.2 Å². The second kappa shape index (κ2) is 18.0. The number of aromatic nitrogens is 4. The lowest BCUT2D eigenvalue weighted by molar-refractivity contribution is 0.00578. The summed E-state index contributed by atoms with van der Waals surface area (Å²) in [5.74, 6) is 1.71. The van der Waals surface area contributed by atoms with E-state index in [1.165, 1.54) is 11.1 Å². The summed E-state index contributed by atoms with van der Waals surface area (Å²) < 4.78 is 50.7. The molecule has 3 saturated heterocycles. The van der Waals surface area contributed by atoms with Gasteiger partial charge in [0.05, 0.1) is 73.2 Å². The monoisotopic (exact) mass is 864 g/mol. The molecular weight excluding hydrogens is 795 g/mol. The first-order chi connectivity index (χ1) is 29.3. The number of nitrogens with zero attached hydrogens (tertiary/aromatic N) is 5. The van der Waals surface area contributed by atoms with Crippen LogP contribution in [0.15, 0.2) is 77.5 Å². The molecule has 13 nitrogen and oxygen atoms in total. The van der Waals surface area contributed by atoms with E-state index < -0.39 is 0 Å². The molecule has 0 saturated carbocycles. The summed E-state index contributed by atoms with van der Waals surface area (Å²) >= 11 is 0. The highest BCUT2D eigenvalue weighted by molar-refractivity contribution is 6.63. The van der Waals surface area contributed by atoms with Crippen molar-refractivity contribution in [2.75, 3.05) is 20.8 Å². The molecule has 4 aromatic rings. The normalized spacial score (nSPS) is 21.0. The van der Waals surface area contributed by atoms with E-state index in [9.17, 15) is 0 Å². The van der Waals surface area contributed by atoms with Crippen molar-refractivity contribution in [1.82, 2.24) is 19.6 Å². The molecule has 2 aromatic carbocycles. The molecule has 0 atom stereocenters. The molecule has 16 heteroatoms. The number of aliphatic imine (C=N–C) groups is 1. The number of aryl methyl sites for hydroxylation is 1. The molecule has 0 bridgehead atoms. The van der Waals surface area contributed by atoms with Crippen LogP contribution in [-0.4, -0.2) is 101 Å². The third-order valence-electron chi connectivity index (χ3n) is 13.7. The van der Waals surface area contributed by atoms with Gasteiger partial charge in [0.2, 0.25) is 0 Å². The van der Waals surface area contributed by atoms with E-state index in [-0.39, 0.29) is 55.0 Å². The Morgan fingerprint density at radius 2 is 0.984 bits per heavy atom. The zero-order valence-electron chi connectivity index (χ0n) is 40.7. The van der Waals surface area contributed by atoms with Crippen LogP contribution in [0.25, 0.3) is 0 Å². The van der Waals surface area contributed by atoms with Crippen LogP contribution < -0.4 is 20.4 Å². The number of allylic oxidation sites excluding steroid dienone is 1. The van der Waals surface area contributed by atoms with Crippen LogP contribution in [0.1, 0.15) is 113 Å². The molecule has 4 aliphatic rings. The lowest BCUT2D eigenvalue weighted by Gasteiger charge is -2.32. The molecule has 338 valence electrons. The van der Waals surface area contributed by atoms with Gasteiger partial charge in [-0.1, -0.05) is 30.3 Å². The third kappa shape index (κ3) is 10.4. The minimum atomic E-state index is -0.375. The van der Waals surface area contributed by atoms with Crippen LogP contribution in [0.5, 0.6) is 11.5 Å². The lowest BCUT2D eigenvalue weighted by atomic mass is 9.76. The van der Waals surface area contributed by atoms with Gasteiger partial charge in [0.15, 0.2) is 0 Å². The van der Waals surface area contributed by atoms with Crippen LogP contribution >= 0.6 is 0 Å². The van der Waals surface area contributed by atoms with Gasteiger partial charge in [-0.3, -0.25) is 14.4 Å². The van der Waals surface area contributed by atoms with Gasteiger partial charge in [0, 0.05) is 40.2 Å². The van der Waals surface area contributed by atoms with Crippen molar-refractivity contribution in [3.8, 4) is 11.5 Å². The van der Waals surface area contributed by atoms with E-state index in [0.717, 1.165) is 51.5 Å². The summed E-state index contributed by atoms with van der Waals surface area (Å²) in [7, 11) is 2.34. The molecule has 4 aliphatic heterocycles. The molecule has 0 spiro atoms. The fourth-order valence-corrected chi connectivity index (χ4v) is 7.22. The molecule has 0 N–H and O–H groups in total. The Morgan fingerprint density at radius 1 is 0.571 bits per heavy atom. The van der Waals surface area contributed by atoms with E-state index in [0.29, 0.717) is 13.1 Å². The predicted molar refractivity (Wildman–Crippen MR) is 252 cm³/mol. The van der Waals surface area contributed by atoms with Gasteiger partial charge in [-0.15, -0.1) is 0 Å². The maximum atomic E-state index is 6.13. The largest absolute Gasteiger partial charge is 0.498 e. The summed E-state index contributed by atoms with van der Waals surface area (Å²) in [5, 5.41) is 9.13. The molecule has 6 heterocycles. The first-order valence-corrected chi connectivity index (χ1v) is 21.9. The standard InChI is InChI=1S/2C18H25BN2O3.C11H18BNO2/c1-13-16(19-23-17(2,3)18(4,5)24-19)11-20-21(13)12-14-7-9-15(22-6)10-8-14;1-13-16(19-23-17(2,3)18(4,5)24-19)12-21(20-13)11-14-7-9-15(22-6)10-8-14;1-8-9(6-7-13-8)12-14-10(2,3)11(4,5)15-12/h7-11H,12H2,1-6H3;7-10,12H,11H2,1-6H3;6H,7H2,1-5H3. The molecule has 3 fully saturated rings. The van der Waals surface area contributed by atoms with Gasteiger partial charge in [0.1, 0.15) is 11.5 Å². The molecule has 0 amide bonds. The van der Waals surface area contributed by atoms with Gasteiger partial charge in [-0.2, -0.15) is 10.2 Å². The number of hydrogen-bond donors (Lipinski definition) is 0. The smallest absolute Gasteiger partial charge is 0.497 e. The Morgan fingerprint density at radius 3 is 1.40 bits per heavy atom. The Balaban J connectivity index is 0.000000162. The van der Waals surface area contributed by atoms with Crippen LogP contribution in [0.2, 0.25) is 0 Å². The van der Waals surface area contributed by atoms with Crippen LogP contribution in [0.4, 0.5) is 0 Å². The fraction of sp³-hybridized carbons (Fsp3) is 0.553. The van der Waals surface area contributed by atoms with Crippen molar-refractivity contribution < 1.29 is 37.4 Å². The van der Waals surface area contributed by atoms with Crippen molar-refractivity contribution in [2.24, 2.45) is 4.99 Å². The summed E-state index contributed by atoms with van der Waals surface area (Å²) in [6, 6.07) is 16.0. The Kier molecular flexibility index (Phi) is 13.8. The first-order valence-electron chi connectivity index (χ1n) is 21.9. The van der Waals surface area contributed by atoms with Crippen molar-refractivity contribution in [1.29, 1.82) is 0 Å². The topological polar surface area (TPSA) is 122 Å². The number of rotatable bonds is 9. The Labute approximate surface area is 376 Å². The first kappa shape index (κ1) is 48.3. The second-order valence-corrected chi connectivity index (χ2v) is 19.8. The molecule has 2 aromatic heterocycles. The van der Waals surface area contributed by atoms with Crippen molar-refractivity contribution in [2.45, 2.75) is 151 Å². The molecule has 63 heavy (non-hydrogen) atoms. The number of ether oxygens (including phenoxy) is 2. The number of hydrogen-bond acceptors (Lipinski definition) is 11. The van der Waals surface area contributed by atoms with Crippen molar-refractivity contribution in [3.63, 3.8) is 0 Å². The van der Waals surface area contributed by atoms with Crippen LogP contribution in [0.3, 0.4) is 0 Å². The maximum Gasteiger partial charge on any atom is 0.498 e. The third-order valence-corrected chi connectivity index (χ3v) is 13.7. The van der Waals surface area contributed by atoms with Crippen molar-refractivity contribution in [3.05, 3.63) is 95.0 Å². The lowest BCUT2D eigenvalue weighted by Crippen LogP contribution is -2.41. The molecule has 8 rings (SSSR count). The number of methoxy groups -OCH3 is 2. The molecule has 0 unspecified atom stereocenters. The Hall–Kier alpha value is -4.18. The highest BCUT2D eigenvalue weighted by Crippen LogP contribution is 2.40. The highest BCUT2D eigenvalue weighted by atomic mass is 16.7. The summed E-state index contributed by atoms with van der Waals surface area (Å²) in [6.45, 7) is 32.9. The minimum absolute atomic E-state index is 0.249. The van der Waals surface area contributed by atoms with Gasteiger partial charge in [-0.05, 0) is 139 Å². The molecule has 0 radical (unpaired) electrons. The predicted octanol–water partition coefficient (Wildman–Crippen LogP) is 7.11. The van der Waals surface area contributed by atoms with E-state index in [4.69, 9.17) is 37.4 Å². The average Bonchev–Trinajstić information content (AvgIpc) is 4.01. The van der Waals surface area contributed by atoms with E-state index in [2.05, 4.69) is 123 Å². The molecule has 0 aliphatic carbocycles. The second-order valence-electron chi connectivity index (χ2n) is 19.8. The number of benzene rings is 2. The van der Waals surface area contributed by atoms with Gasteiger partial charge < -0.3 is 37.4 Å². The highest BCUT2D eigenvalue weighted by Gasteiger charge is 2.55. The maximum absolute atomic E-state index is 6.13. The zero-order valence-corrected chi connectivity index (χ0v) is 40.7. The van der Waals surface area contributed by atoms with Crippen molar-refractivity contribution >= 4 is 38.0 Å². The summed E-state index contributed by atoms with van der Waals surface area (Å²) in [6.07, 6.45) is 5.94. The van der Waals surface area contributed by atoms with E-state index in [1.807, 2.05) is 72.0 Å². The SMILES string of the molecule is CC1=NCC=C1B1OC(C)(C)C(C)(C)O1.COc1ccc(Cn2cc(B3OC(C)(C)C(C)(C)O3)c(C)n2)cc1.COc1ccc(Cn2ncc(B3OC(C)(C)C(C)(C)O3)c2C)cc1. The van der Waals surface area contributed by atoms with E-state index >= 15 is 0 Å². The van der Waals surface area contributed by atoms with Gasteiger partial charge in [0.25, 0.3) is 0 Å². The van der Waals surface area contributed by atoms with Gasteiger partial charge >= 0.3 is 21.4 Å². The van der Waals surface area contributed by atoms with Crippen LogP contribution in [-0.2, 0) is 41.0 Å². The Bertz CT molecular complexity index is 2200. The summed E-state index contributed by atoms with van der Waals surface area (Å²) in [4.78, 5) is 4.32. The minimum Gasteiger partial charge on any atom is -0.497 e. The average molecular weight is 864 g/mol. The van der Waals surface area contributed by atoms with Gasteiger partial charge in [-0.25, -0.2) is 0 Å².